The Balaban J connectivity index is 1.80. The van der Waals surface area contributed by atoms with Crippen molar-refractivity contribution >= 4 is 17.8 Å². The molecule has 0 spiro atoms. The number of pyridine rings is 1. The van der Waals surface area contributed by atoms with Gasteiger partial charge in [0.25, 0.3) is 11.8 Å². The van der Waals surface area contributed by atoms with Crippen LogP contribution in [-0.4, -0.2) is 35.7 Å². The van der Waals surface area contributed by atoms with Gasteiger partial charge in [-0.1, -0.05) is 36.4 Å². The van der Waals surface area contributed by atoms with Crippen molar-refractivity contribution in [1.82, 2.24) is 20.9 Å². The summed E-state index contributed by atoms with van der Waals surface area (Å²) >= 11 is 0. The van der Waals surface area contributed by atoms with E-state index in [1.165, 1.54) is 13.0 Å². The van der Waals surface area contributed by atoms with Crippen LogP contribution in [0.4, 0.5) is 8.78 Å². The molecule has 1 aromatic heterocycles. The summed E-state index contributed by atoms with van der Waals surface area (Å²) in [5.41, 5.74) is -0.772. The Morgan fingerprint density at radius 2 is 1.76 bits per heavy atom. The highest BCUT2D eigenvalue weighted by Gasteiger charge is 2.23. The Kier molecular flexibility index (Phi) is 9.66. The first-order valence-electron chi connectivity index (χ1n) is 11.5. The third kappa shape index (κ3) is 7.71. The maximum atomic E-state index is 13.9. The fraction of sp³-hybridized carbons (Fsp3) is 0.231. The number of benzene rings is 2. The van der Waals surface area contributed by atoms with E-state index in [0.717, 1.165) is 12.3 Å². The number of rotatable bonds is 11. The minimum absolute atomic E-state index is 0.0169. The van der Waals surface area contributed by atoms with Crippen molar-refractivity contribution in [3.8, 4) is 5.75 Å². The zero-order valence-electron chi connectivity index (χ0n) is 20.6. The minimum Gasteiger partial charge on any atom is -0.483 e. The quantitative estimate of drug-likeness (QED) is 0.221. The number of amides is 2. The first-order chi connectivity index (χ1) is 18.2. The Bertz CT molecular complexity index is 1360. The second kappa shape index (κ2) is 13.1. The summed E-state index contributed by atoms with van der Waals surface area (Å²) < 4.78 is 37.6. The molecule has 1 atom stereocenters. The Labute approximate surface area is 216 Å². The molecule has 10 nitrogen and oxygen atoms in total. The van der Waals surface area contributed by atoms with E-state index in [0.29, 0.717) is 11.6 Å². The number of ether oxygens (including phenoxy) is 2. The zero-order chi connectivity index (χ0) is 27.7. The first kappa shape index (κ1) is 28.0. The van der Waals surface area contributed by atoms with Crippen molar-refractivity contribution in [3.63, 3.8) is 0 Å². The molecule has 2 amide bonds. The molecular formula is C26H26F2N4O6. The van der Waals surface area contributed by atoms with Crippen molar-refractivity contribution in [2.45, 2.75) is 33.2 Å². The van der Waals surface area contributed by atoms with Crippen LogP contribution in [0.15, 0.2) is 59.5 Å². The molecule has 0 aliphatic carbocycles. The van der Waals surface area contributed by atoms with Crippen molar-refractivity contribution in [2.24, 2.45) is 0 Å². The zero-order valence-corrected chi connectivity index (χ0v) is 20.6. The van der Waals surface area contributed by atoms with Gasteiger partial charge in [-0.2, -0.15) is 0 Å². The third-order valence-corrected chi connectivity index (χ3v) is 5.17. The van der Waals surface area contributed by atoms with Gasteiger partial charge in [-0.15, -0.1) is 0 Å². The van der Waals surface area contributed by atoms with Crippen LogP contribution in [0, 0.1) is 11.6 Å². The van der Waals surface area contributed by atoms with E-state index in [1.807, 2.05) is 0 Å². The van der Waals surface area contributed by atoms with Crippen LogP contribution >= 0.6 is 0 Å². The lowest BCUT2D eigenvalue weighted by atomic mass is 10.1. The summed E-state index contributed by atoms with van der Waals surface area (Å²) in [7, 11) is 0. The number of hydrogen-bond donors (Lipinski definition) is 4. The molecule has 0 aliphatic heterocycles. The molecule has 0 bridgehead atoms. The lowest BCUT2D eigenvalue weighted by molar-refractivity contribution is -0.146. The van der Waals surface area contributed by atoms with Crippen LogP contribution in [0.3, 0.4) is 0 Å². The minimum atomic E-state index is -0.872. The number of H-pyrrole nitrogens is 1. The molecule has 1 heterocycles. The number of aromatic nitrogens is 1. The van der Waals surface area contributed by atoms with Crippen LogP contribution in [0.25, 0.3) is 0 Å². The Hall–Kier alpha value is -4.58. The SMILES string of the molecule is CC(=O)OC(C)NCNC(=O)c1[nH]cc(C(=O)NCc2ccc(F)cc2F)c(=O)c1OCc1ccccc1. The molecular weight excluding hydrogens is 502 g/mol. The fourth-order valence-corrected chi connectivity index (χ4v) is 3.31. The average molecular weight is 529 g/mol. The summed E-state index contributed by atoms with van der Waals surface area (Å²) in [4.78, 5) is 52.4. The predicted octanol–water partition coefficient (Wildman–Crippen LogP) is 2.35. The summed E-state index contributed by atoms with van der Waals surface area (Å²) in [6.07, 6.45) is 0.357. The predicted molar refractivity (Wildman–Crippen MR) is 132 cm³/mol. The lowest BCUT2D eigenvalue weighted by Crippen LogP contribution is -2.41. The smallest absolute Gasteiger partial charge is 0.304 e. The van der Waals surface area contributed by atoms with Gasteiger partial charge >= 0.3 is 5.97 Å². The normalized spacial score (nSPS) is 11.4. The largest absolute Gasteiger partial charge is 0.483 e. The first-order valence-corrected chi connectivity index (χ1v) is 11.5. The van der Waals surface area contributed by atoms with Gasteiger partial charge in [0.15, 0.2) is 17.7 Å². The summed E-state index contributed by atoms with van der Waals surface area (Å²) in [6.45, 7) is 2.32. The molecule has 3 aromatic rings. The molecule has 2 aromatic carbocycles. The third-order valence-electron chi connectivity index (χ3n) is 5.17. The van der Waals surface area contributed by atoms with Crippen LogP contribution in [0.1, 0.15) is 45.8 Å². The molecule has 38 heavy (non-hydrogen) atoms. The van der Waals surface area contributed by atoms with Gasteiger partial charge in [-0.3, -0.25) is 24.5 Å². The highest BCUT2D eigenvalue weighted by Crippen LogP contribution is 2.15. The topological polar surface area (TPSA) is 139 Å². The van der Waals surface area contributed by atoms with Gasteiger partial charge in [0.1, 0.15) is 23.8 Å². The number of nitrogens with one attached hydrogen (secondary N) is 4. The number of esters is 1. The monoisotopic (exact) mass is 528 g/mol. The van der Waals surface area contributed by atoms with E-state index in [4.69, 9.17) is 9.47 Å². The summed E-state index contributed by atoms with van der Waals surface area (Å²) in [5, 5.41) is 7.66. The van der Waals surface area contributed by atoms with E-state index in [2.05, 4.69) is 20.9 Å². The van der Waals surface area contributed by atoms with Crippen LogP contribution < -0.4 is 26.1 Å². The van der Waals surface area contributed by atoms with Gasteiger partial charge in [0, 0.05) is 31.3 Å². The standard InChI is InChI=1S/C26H26F2N4O6/c1-15(38-16(2)33)31-14-32-26(36)22-24(37-13-17-6-4-3-5-7-17)23(34)20(12-29-22)25(35)30-11-18-8-9-19(27)10-21(18)28/h3-10,12,15,31H,11,13-14H2,1-2H3,(H,29,34)(H,30,35)(H,32,36). The van der Waals surface area contributed by atoms with Crippen molar-refractivity contribution in [2.75, 3.05) is 6.67 Å². The molecule has 4 N–H and O–H groups in total. The molecule has 1 unspecified atom stereocenters. The van der Waals surface area contributed by atoms with Gasteiger partial charge in [0.2, 0.25) is 5.43 Å². The van der Waals surface area contributed by atoms with E-state index in [1.54, 1.807) is 37.3 Å². The van der Waals surface area contributed by atoms with E-state index >= 15 is 0 Å². The lowest BCUT2D eigenvalue weighted by Gasteiger charge is -2.16. The number of carbonyl (C=O) groups excluding carboxylic acids is 3. The van der Waals surface area contributed by atoms with E-state index in [-0.39, 0.29) is 36.6 Å². The van der Waals surface area contributed by atoms with Gasteiger partial charge in [-0.05, 0) is 18.6 Å². The molecule has 0 aliphatic rings. The number of hydrogen-bond acceptors (Lipinski definition) is 7. The van der Waals surface area contributed by atoms with E-state index < -0.39 is 46.8 Å². The molecule has 200 valence electrons. The highest BCUT2D eigenvalue weighted by atomic mass is 19.1. The van der Waals surface area contributed by atoms with Gasteiger partial charge in [0.05, 0.1) is 6.67 Å². The summed E-state index contributed by atoms with van der Waals surface area (Å²) in [5.74, 6) is -4.11. The molecule has 12 heteroatoms. The highest BCUT2D eigenvalue weighted by molar-refractivity contribution is 5.98. The Morgan fingerprint density at radius 1 is 1.03 bits per heavy atom. The van der Waals surface area contributed by atoms with Gasteiger partial charge < -0.3 is 25.1 Å². The van der Waals surface area contributed by atoms with Gasteiger partial charge in [-0.25, -0.2) is 8.78 Å². The second-order valence-corrected chi connectivity index (χ2v) is 8.07. The molecule has 0 radical (unpaired) electrons. The number of carbonyl (C=O) groups is 3. The molecule has 0 fully saturated rings. The molecule has 0 saturated heterocycles. The average Bonchev–Trinajstić information content (AvgIpc) is 2.87. The van der Waals surface area contributed by atoms with Crippen molar-refractivity contribution < 1.29 is 32.6 Å². The molecule has 0 saturated carbocycles. The van der Waals surface area contributed by atoms with Crippen LogP contribution in [0.5, 0.6) is 5.75 Å². The maximum absolute atomic E-state index is 13.9. The molecule has 3 rings (SSSR count). The van der Waals surface area contributed by atoms with E-state index in [9.17, 15) is 28.0 Å². The second-order valence-electron chi connectivity index (χ2n) is 8.07. The fourth-order valence-electron chi connectivity index (χ4n) is 3.31. The Morgan fingerprint density at radius 3 is 2.45 bits per heavy atom. The van der Waals surface area contributed by atoms with Crippen LogP contribution in [-0.2, 0) is 22.7 Å². The van der Waals surface area contributed by atoms with Crippen molar-refractivity contribution in [1.29, 1.82) is 0 Å². The number of aromatic amines is 1. The van der Waals surface area contributed by atoms with Crippen molar-refractivity contribution in [3.05, 3.63) is 99.0 Å². The van der Waals surface area contributed by atoms with Crippen LogP contribution in [0.2, 0.25) is 0 Å². The maximum Gasteiger partial charge on any atom is 0.304 e. The number of halogens is 2. The summed E-state index contributed by atoms with van der Waals surface area (Å²) in [6, 6.07) is 11.7.